The number of hydrogen-bond donors (Lipinski definition) is 1. The van der Waals surface area contributed by atoms with E-state index in [2.05, 4.69) is 17.4 Å². The minimum atomic E-state index is -0.306. The molecular weight excluding hydrogens is 356 g/mol. The highest BCUT2D eigenvalue weighted by Crippen LogP contribution is 2.35. The van der Waals surface area contributed by atoms with Crippen LogP contribution in [0.2, 0.25) is 0 Å². The van der Waals surface area contributed by atoms with E-state index in [1.165, 1.54) is 12.7 Å². The number of hydrogen-bond acceptors (Lipinski definition) is 4. The third-order valence-corrected chi connectivity index (χ3v) is 5.48. The number of nitrogens with zero attached hydrogens (tertiary/aromatic N) is 1. The molecule has 6 heteroatoms. The van der Waals surface area contributed by atoms with E-state index in [1.54, 1.807) is 24.1 Å². The Morgan fingerprint density at radius 3 is 2.29 bits per heavy atom. The second-order valence-corrected chi connectivity index (χ2v) is 6.99. The molecule has 2 amide bonds. The van der Waals surface area contributed by atoms with Crippen LogP contribution >= 0.6 is 0 Å². The third kappa shape index (κ3) is 4.11. The molecule has 0 aliphatic carbocycles. The van der Waals surface area contributed by atoms with E-state index in [9.17, 15) is 9.59 Å². The van der Waals surface area contributed by atoms with Crippen LogP contribution in [0.3, 0.4) is 0 Å². The second kappa shape index (κ2) is 8.78. The molecule has 0 unspecified atom stereocenters. The maximum Gasteiger partial charge on any atom is 0.409 e. The number of nitrogens with one attached hydrogen (secondary N) is 1. The first kappa shape index (κ1) is 19.7. The van der Waals surface area contributed by atoms with Crippen LogP contribution in [0, 0.1) is 0 Å². The maximum absolute atomic E-state index is 12.8. The average Bonchev–Trinajstić information content (AvgIpc) is 2.77. The van der Waals surface area contributed by atoms with Crippen molar-refractivity contribution in [2.75, 3.05) is 33.9 Å². The number of ether oxygens (including phenoxy) is 2. The summed E-state index contributed by atoms with van der Waals surface area (Å²) in [5.74, 6) is 0.387. The Balaban J connectivity index is 1.78. The van der Waals surface area contributed by atoms with E-state index in [0.717, 1.165) is 12.8 Å². The first-order chi connectivity index (χ1) is 13.6. The van der Waals surface area contributed by atoms with Gasteiger partial charge in [0.15, 0.2) is 0 Å². The molecule has 28 heavy (non-hydrogen) atoms. The van der Waals surface area contributed by atoms with Crippen LogP contribution in [0.5, 0.6) is 5.75 Å². The summed E-state index contributed by atoms with van der Waals surface area (Å²) in [5.41, 5.74) is 1.45. The number of benzene rings is 2. The van der Waals surface area contributed by atoms with Gasteiger partial charge in [-0.25, -0.2) is 4.79 Å². The predicted molar refractivity (Wildman–Crippen MR) is 107 cm³/mol. The van der Waals surface area contributed by atoms with Gasteiger partial charge in [-0.1, -0.05) is 42.5 Å². The summed E-state index contributed by atoms with van der Waals surface area (Å²) in [6.45, 7) is 1.67. The van der Waals surface area contributed by atoms with Gasteiger partial charge in [-0.05, 0) is 30.5 Å². The van der Waals surface area contributed by atoms with Crippen LogP contribution in [0.1, 0.15) is 28.8 Å². The molecule has 1 saturated heterocycles. The average molecular weight is 382 g/mol. The Bertz CT molecular complexity index is 814. The first-order valence-electron chi connectivity index (χ1n) is 9.39. The van der Waals surface area contributed by atoms with E-state index < -0.39 is 0 Å². The Morgan fingerprint density at radius 1 is 1.00 bits per heavy atom. The molecule has 6 nitrogen and oxygen atoms in total. The molecule has 0 atom stereocenters. The minimum Gasteiger partial charge on any atom is -0.496 e. The van der Waals surface area contributed by atoms with Gasteiger partial charge >= 0.3 is 6.09 Å². The smallest absolute Gasteiger partial charge is 0.409 e. The highest BCUT2D eigenvalue weighted by Gasteiger charge is 2.38. The lowest BCUT2D eigenvalue weighted by Gasteiger charge is -2.42. The Hall–Kier alpha value is -3.02. The topological polar surface area (TPSA) is 67.9 Å². The number of carbonyl (C=O) groups is 2. The lowest BCUT2D eigenvalue weighted by atomic mass is 9.72. The van der Waals surface area contributed by atoms with Gasteiger partial charge in [-0.2, -0.15) is 0 Å². The van der Waals surface area contributed by atoms with Crippen molar-refractivity contribution in [3.05, 3.63) is 65.7 Å². The number of piperidine rings is 1. The molecule has 0 bridgehead atoms. The lowest BCUT2D eigenvalue weighted by molar-refractivity contribution is 0.0876. The van der Waals surface area contributed by atoms with E-state index in [1.807, 2.05) is 30.3 Å². The van der Waals surface area contributed by atoms with Crippen LogP contribution in [0.15, 0.2) is 54.6 Å². The number of amides is 2. The van der Waals surface area contributed by atoms with Crippen molar-refractivity contribution in [2.24, 2.45) is 0 Å². The SMILES string of the molecule is COC(=O)N1CCC(CNC(=O)c2ccccc2OC)(c2ccccc2)CC1. The molecule has 0 aromatic heterocycles. The van der Waals surface area contributed by atoms with Gasteiger partial charge in [0.25, 0.3) is 5.91 Å². The predicted octanol–water partition coefficient (Wildman–Crippen LogP) is 3.23. The molecule has 2 aromatic carbocycles. The van der Waals surface area contributed by atoms with E-state index in [4.69, 9.17) is 9.47 Å². The monoisotopic (exact) mass is 382 g/mol. The molecule has 1 aliphatic heterocycles. The third-order valence-electron chi connectivity index (χ3n) is 5.48. The molecule has 1 aliphatic rings. The summed E-state index contributed by atoms with van der Waals surface area (Å²) in [7, 11) is 2.95. The van der Waals surface area contributed by atoms with Crippen molar-refractivity contribution in [2.45, 2.75) is 18.3 Å². The van der Waals surface area contributed by atoms with Crippen LogP contribution in [-0.4, -0.2) is 50.8 Å². The zero-order valence-electron chi connectivity index (χ0n) is 16.3. The summed E-state index contributed by atoms with van der Waals surface area (Å²) in [6.07, 6.45) is 1.19. The van der Waals surface area contributed by atoms with Gasteiger partial charge in [0, 0.05) is 25.0 Å². The van der Waals surface area contributed by atoms with Crippen molar-refractivity contribution in [3.63, 3.8) is 0 Å². The van der Waals surface area contributed by atoms with Gasteiger partial charge in [0.2, 0.25) is 0 Å². The molecule has 0 spiro atoms. The molecular formula is C22H26N2O4. The van der Waals surface area contributed by atoms with E-state index in [-0.39, 0.29) is 17.4 Å². The molecule has 1 fully saturated rings. The fourth-order valence-electron chi connectivity index (χ4n) is 3.78. The van der Waals surface area contributed by atoms with Gasteiger partial charge in [-0.15, -0.1) is 0 Å². The highest BCUT2D eigenvalue weighted by molar-refractivity contribution is 5.97. The standard InChI is InChI=1S/C22H26N2O4/c1-27-19-11-7-6-10-18(19)20(25)23-16-22(17-8-4-3-5-9-17)12-14-24(15-13-22)21(26)28-2/h3-11H,12-16H2,1-2H3,(H,23,25). The normalized spacial score (nSPS) is 15.6. The zero-order valence-corrected chi connectivity index (χ0v) is 16.3. The summed E-state index contributed by atoms with van der Waals surface area (Å²) < 4.78 is 10.2. The van der Waals surface area contributed by atoms with Crippen molar-refractivity contribution < 1.29 is 19.1 Å². The van der Waals surface area contributed by atoms with Gasteiger partial charge in [0.05, 0.1) is 19.8 Å². The van der Waals surface area contributed by atoms with Crippen molar-refractivity contribution >= 4 is 12.0 Å². The molecule has 2 aromatic rings. The minimum absolute atomic E-state index is 0.164. The molecule has 1 N–H and O–H groups in total. The summed E-state index contributed by atoms with van der Waals surface area (Å²) >= 11 is 0. The second-order valence-electron chi connectivity index (χ2n) is 6.99. The molecule has 3 rings (SSSR count). The number of methoxy groups -OCH3 is 2. The summed E-state index contributed by atoms with van der Waals surface area (Å²) in [4.78, 5) is 26.4. The first-order valence-corrected chi connectivity index (χ1v) is 9.39. The summed E-state index contributed by atoms with van der Waals surface area (Å²) in [5, 5.41) is 3.09. The lowest BCUT2D eigenvalue weighted by Crippen LogP contribution is -2.50. The highest BCUT2D eigenvalue weighted by atomic mass is 16.5. The number of rotatable bonds is 5. The quantitative estimate of drug-likeness (QED) is 0.862. The maximum atomic E-state index is 12.8. The van der Waals surface area contributed by atoms with Gasteiger partial charge in [-0.3, -0.25) is 4.79 Å². The number of likely N-dealkylation sites (tertiary alicyclic amines) is 1. The molecule has 0 saturated carbocycles. The van der Waals surface area contributed by atoms with Crippen LogP contribution in [0.4, 0.5) is 4.79 Å². The zero-order chi connectivity index (χ0) is 20.0. The number of carbonyl (C=O) groups excluding carboxylic acids is 2. The number of para-hydroxylation sites is 1. The van der Waals surface area contributed by atoms with Gasteiger partial charge in [0.1, 0.15) is 5.75 Å². The largest absolute Gasteiger partial charge is 0.496 e. The van der Waals surface area contributed by atoms with Crippen molar-refractivity contribution in [1.82, 2.24) is 10.2 Å². The fraction of sp³-hybridized carbons (Fsp3) is 0.364. The van der Waals surface area contributed by atoms with Crippen LogP contribution in [0.25, 0.3) is 0 Å². The van der Waals surface area contributed by atoms with Crippen molar-refractivity contribution in [3.8, 4) is 5.75 Å². The van der Waals surface area contributed by atoms with E-state index >= 15 is 0 Å². The Kier molecular flexibility index (Phi) is 6.19. The van der Waals surface area contributed by atoms with Gasteiger partial charge < -0.3 is 19.7 Å². The fourth-order valence-corrected chi connectivity index (χ4v) is 3.78. The molecule has 148 valence electrons. The Labute approximate surface area is 165 Å². The molecule has 1 heterocycles. The Morgan fingerprint density at radius 2 is 1.64 bits per heavy atom. The van der Waals surface area contributed by atoms with Crippen LogP contribution in [-0.2, 0) is 10.2 Å². The van der Waals surface area contributed by atoms with Crippen LogP contribution < -0.4 is 10.1 Å². The molecule has 0 radical (unpaired) electrons. The van der Waals surface area contributed by atoms with Crippen molar-refractivity contribution in [1.29, 1.82) is 0 Å². The summed E-state index contributed by atoms with van der Waals surface area (Å²) in [6, 6.07) is 17.3. The van der Waals surface area contributed by atoms with E-state index in [0.29, 0.717) is 30.9 Å².